The molecule has 4 rings (SSSR count). The Bertz CT molecular complexity index is 1190. The van der Waals surface area contributed by atoms with Crippen molar-refractivity contribution in [2.24, 2.45) is 28.8 Å². The summed E-state index contributed by atoms with van der Waals surface area (Å²) in [4.78, 5) is 45.4. The van der Waals surface area contributed by atoms with Crippen molar-refractivity contribution in [2.75, 3.05) is 5.32 Å². The highest BCUT2D eigenvalue weighted by molar-refractivity contribution is 7.91. The van der Waals surface area contributed by atoms with Gasteiger partial charge in [0.1, 0.15) is 5.78 Å². The summed E-state index contributed by atoms with van der Waals surface area (Å²) in [5, 5.41) is 26.4. The Kier molecular flexibility index (Phi) is 12.3. The summed E-state index contributed by atoms with van der Waals surface area (Å²) < 4.78 is 21.1. The van der Waals surface area contributed by atoms with E-state index < -0.39 is 16.1 Å². The lowest BCUT2D eigenvalue weighted by molar-refractivity contribution is -0.136. The first-order valence-electron chi connectivity index (χ1n) is 12.4. The zero-order chi connectivity index (χ0) is 29.2. The van der Waals surface area contributed by atoms with E-state index in [9.17, 15) is 32.7 Å². The number of amides is 3. The van der Waals surface area contributed by atoms with Gasteiger partial charge in [-0.05, 0) is 31.1 Å². The van der Waals surface area contributed by atoms with Crippen LogP contribution < -0.4 is 15.8 Å². The molecule has 0 radical (unpaired) electrons. The number of hydrogen-bond donors (Lipinski definition) is 4. The number of anilines is 1. The standard InChI is InChI=1S/C15H23NO4.C6H6.C4H6N4O3S2/c1-8-3-9(2)15(20)11(4-8)12(17)5-10-6-13(18)16-14(19)7-10;1-2-4-6-5-3-1;1-2(9)6-3-7-8-4(12-3)13(5,10)11/h8-12,17H,3-7H2,1-2H3,(H,16,18,19);1-6H;1H3,(H2,5,10,11)(H,6,7,9)/t8-,9-,11-,12+;;/m0../s1. The van der Waals surface area contributed by atoms with Gasteiger partial charge in [0.2, 0.25) is 27.2 Å². The molecule has 5 N–H and O–H groups in total. The number of ketones is 1. The summed E-state index contributed by atoms with van der Waals surface area (Å²) in [5.74, 6) is -0.849. The first-order valence-corrected chi connectivity index (χ1v) is 14.8. The Morgan fingerprint density at radius 3 is 2.08 bits per heavy atom. The molecule has 2 heterocycles. The summed E-state index contributed by atoms with van der Waals surface area (Å²) in [6.45, 7) is 5.29. The molecule has 2 fully saturated rings. The Morgan fingerprint density at radius 1 is 1.08 bits per heavy atom. The number of hydrogen-bond acceptors (Lipinski definition) is 10. The first kappa shape index (κ1) is 32.1. The Labute approximate surface area is 231 Å². The van der Waals surface area contributed by atoms with Gasteiger partial charge in [-0.25, -0.2) is 13.6 Å². The van der Waals surface area contributed by atoms with Crippen molar-refractivity contribution < 1.29 is 32.7 Å². The van der Waals surface area contributed by atoms with Crippen molar-refractivity contribution in [2.45, 2.75) is 63.3 Å². The van der Waals surface area contributed by atoms with Crippen molar-refractivity contribution in [3.8, 4) is 0 Å². The van der Waals surface area contributed by atoms with Crippen molar-refractivity contribution in [3.05, 3.63) is 36.4 Å². The van der Waals surface area contributed by atoms with Crippen LogP contribution in [0.3, 0.4) is 0 Å². The molecule has 12 nitrogen and oxygen atoms in total. The maximum Gasteiger partial charge on any atom is 0.267 e. The molecule has 0 bridgehead atoms. The number of imide groups is 1. The van der Waals surface area contributed by atoms with Crippen LogP contribution in [0.25, 0.3) is 0 Å². The molecule has 39 heavy (non-hydrogen) atoms. The van der Waals surface area contributed by atoms with Crippen LogP contribution in [-0.4, -0.2) is 53.3 Å². The summed E-state index contributed by atoms with van der Waals surface area (Å²) in [7, 11) is -3.82. The number of rotatable bonds is 5. The molecule has 3 amide bonds. The lowest BCUT2D eigenvalue weighted by Gasteiger charge is -2.34. The molecule has 2 aromatic rings. The molecule has 1 aromatic carbocycles. The van der Waals surface area contributed by atoms with Gasteiger partial charge in [-0.3, -0.25) is 24.5 Å². The molecule has 1 saturated carbocycles. The predicted molar refractivity (Wildman–Crippen MR) is 145 cm³/mol. The third kappa shape index (κ3) is 11.3. The average molecular weight is 582 g/mol. The number of aliphatic hydroxyl groups excluding tert-OH is 1. The number of benzene rings is 1. The van der Waals surface area contributed by atoms with E-state index in [4.69, 9.17) is 5.14 Å². The zero-order valence-corrected chi connectivity index (χ0v) is 23.7. The number of carbonyl (C=O) groups excluding carboxylic acids is 4. The van der Waals surface area contributed by atoms with Crippen LogP contribution in [0.15, 0.2) is 40.7 Å². The van der Waals surface area contributed by atoms with E-state index in [2.05, 4.69) is 27.8 Å². The van der Waals surface area contributed by atoms with E-state index in [1.807, 2.05) is 43.3 Å². The lowest BCUT2D eigenvalue weighted by Crippen LogP contribution is -2.42. The van der Waals surface area contributed by atoms with E-state index >= 15 is 0 Å². The first-order chi connectivity index (χ1) is 18.3. The van der Waals surface area contributed by atoms with Gasteiger partial charge in [-0.15, -0.1) is 10.2 Å². The molecular formula is C25H35N5O7S2. The van der Waals surface area contributed by atoms with Crippen LogP contribution in [0.5, 0.6) is 0 Å². The van der Waals surface area contributed by atoms with Crippen LogP contribution in [-0.2, 0) is 29.2 Å². The van der Waals surface area contributed by atoms with Gasteiger partial charge < -0.3 is 10.4 Å². The minimum atomic E-state index is -3.82. The number of primary sulfonamides is 1. The van der Waals surface area contributed by atoms with Crippen molar-refractivity contribution in [1.82, 2.24) is 15.5 Å². The highest BCUT2D eigenvalue weighted by Crippen LogP contribution is 2.34. The number of aromatic nitrogens is 2. The highest BCUT2D eigenvalue weighted by Gasteiger charge is 2.38. The smallest absolute Gasteiger partial charge is 0.267 e. The fourth-order valence-corrected chi connectivity index (χ4v) is 5.89. The second kappa shape index (κ2) is 14.9. The minimum absolute atomic E-state index is 0.00492. The second-order valence-electron chi connectivity index (χ2n) is 9.79. The fraction of sp³-hybridized carbons (Fsp3) is 0.520. The van der Waals surface area contributed by atoms with Crippen LogP contribution in [0.2, 0.25) is 0 Å². The third-order valence-corrected chi connectivity index (χ3v) is 8.28. The third-order valence-electron chi connectivity index (χ3n) is 6.13. The second-order valence-corrected chi connectivity index (χ2v) is 12.5. The SMILES string of the molecule is CC(=O)Nc1nnc(S(N)(=O)=O)s1.C[C@@H]1C[C@@H]([C@H](O)CC2CC(=O)NC(=O)C2)C(=O)[C@@H](C)C1.c1ccccc1. The van der Waals surface area contributed by atoms with Gasteiger partial charge in [0, 0.05) is 31.6 Å². The minimum Gasteiger partial charge on any atom is -0.392 e. The molecule has 14 heteroatoms. The predicted octanol–water partition coefficient (Wildman–Crippen LogP) is 1.87. The summed E-state index contributed by atoms with van der Waals surface area (Å²) in [6.07, 6.45) is 1.72. The molecule has 1 saturated heterocycles. The topological polar surface area (TPSA) is 199 Å². The van der Waals surface area contributed by atoms with Crippen molar-refractivity contribution in [3.63, 3.8) is 0 Å². The number of nitrogens with one attached hydrogen (secondary N) is 2. The Balaban J connectivity index is 0.000000238. The van der Waals surface area contributed by atoms with E-state index in [1.54, 1.807) is 0 Å². The number of nitrogens with zero attached hydrogens (tertiary/aromatic N) is 2. The Morgan fingerprint density at radius 2 is 1.62 bits per heavy atom. The van der Waals surface area contributed by atoms with Gasteiger partial charge in [-0.1, -0.05) is 61.6 Å². The monoisotopic (exact) mass is 581 g/mol. The summed E-state index contributed by atoms with van der Waals surface area (Å²) in [6, 6.07) is 12.0. The maximum absolute atomic E-state index is 12.2. The van der Waals surface area contributed by atoms with Crippen molar-refractivity contribution >= 4 is 50.0 Å². The number of carbonyl (C=O) groups is 4. The summed E-state index contributed by atoms with van der Waals surface area (Å²) in [5.41, 5.74) is 0. The maximum atomic E-state index is 12.2. The molecule has 0 unspecified atom stereocenters. The lowest BCUT2D eigenvalue weighted by atomic mass is 9.71. The molecule has 1 aliphatic heterocycles. The quantitative estimate of drug-likeness (QED) is 0.301. The van der Waals surface area contributed by atoms with Crippen LogP contribution >= 0.6 is 11.3 Å². The number of aliphatic hydroxyl groups is 1. The van der Waals surface area contributed by atoms with E-state index in [0.717, 1.165) is 6.42 Å². The molecule has 214 valence electrons. The highest BCUT2D eigenvalue weighted by atomic mass is 32.2. The van der Waals surface area contributed by atoms with Crippen LogP contribution in [0, 0.1) is 23.7 Å². The molecule has 2 aliphatic rings. The molecule has 4 atom stereocenters. The van der Waals surface area contributed by atoms with Crippen LogP contribution in [0.1, 0.15) is 52.9 Å². The molecule has 1 aliphatic carbocycles. The Hall–Kier alpha value is -3.07. The zero-order valence-electron chi connectivity index (χ0n) is 22.1. The molecular weight excluding hydrogens is 546 g/mol. The molecule has 0 spiro atoms. The summed E-state index contributed by atoms with van der Waals surface area (Å²) >= 11 is 0.701. The van der Waals surface area contributed by atoms with E-state index in [1.165, 1.54) is 6.92 Å². The fourth-order valence-electron chi connectivity index (χ4n) is 4.52. The largest absolute Gasteiger partial charge is 0.392 e. The normalized spacial score (nSPS) is 22.4. The van der Waals surface area contributed by atoms with E-state index in [-0.39, 0.29) is 63.6 Å². The number of piperidine rings is 1. The number of Topliss-reactive ketones (excluding diaryl/α,β-unsaturated/α-hetero) is 1. The van der Waals surface area contributed by atoms with Crippen molar-refractivity contribution in [1.29, 1.82) is 0 Å². The number of nitrogens with two attached hydrogens (primary N) is 1. The van der Waals surface area contributed by atoms with Gasteiger partial charge in [0.15, 0.2) is 0 Å². The van der Waals surface area contributed by atoms with Gasteiger partial charge >= 0.3 is 0 Å². The van der Waals surface area contributed by atoms with Gasteiger partial charge in [-0.2, -0.15) is 0 Å². The van der Waals surface area contributed by atoms with E-state index in [0.29, 0.717) is 30.1 Å². The molecule has 1 aromatic heterocycles. The van der Waals surface area contributed by atoms with Gasteiger partial charge in [0.05, 0.1) is 6.10 Å². The van der Waals surface area contributed by atoms with Gasteiger partial charge in [0.25, 0.3) is 10.0 Å². The average Bonchev–Trinajstić information content (AvgIpc) is 3.31. The number of sulfonamides is 1. The van der Waals surface area contributed by atoms with Crippen LogP contribution in [0.4, 0.5) is 5.13 Å².